The number of methoxy groups -OCH3 is 2. The molecule has 0 radical (unpaired) electrons. The van der Waals surface area contributed by atoms with Crippen molar-refractivity contribution in [2.75, 3.05) is 20.8 Å². The van der Waals surface area contributed by atoms with Gasteiger partial charge in [-0.1, -0.05) is 0 Å². The topological polar surface area (TPSA) is 104 Å². The summed E-state index contributed by atoms with van der Waals surface area (Å²) in [7, 11) is 2.76. The Bertz CT molecular complexity index is 899. The lowest BCUT2D eigenvalue weighted by Gasteiger charge is -2.19. The molecule has 1 N–H and O–H groups in total. The Morgan fingerprint density at radius 2 is 2.11 bits per heavy atom. The Labute approximate surface area is 155 Å². The SMILES string of the molecule is COC(=O)[C@H](Cc1cc(=O)oc2cc(OC)ccc12)NC(=O)[C@H]1CCCO1. The molecule has 1 fully saturated rings. The molecular weight excluding hydrogens is 354 g/mol. The maximum atomic E-state index is 12.3. The Balaban J connectivity index is 1.89. The van der Waals surface area contributed by atoms with Crippen LogP contribution in [0.2, 0.25) is 0 Å². The molecule has 1 amide bonds. The normalized spacial score (nSPS) is 17.5. The molecule has 0 unspecified atom stereocenters. The molecule has 2 aromatic rings. The van der Waals surface area contributed by atoms with E-state index < -0.39 is 23.7 Å². The molecule has 27 heavy (non-hydrogen) atoms. The fourth-order valence-electron chi connectivity index (χ4n) is 3.11. The van der Waals surface area contributed by atoms with Crippen molar-refractivity contribution in [3.05, 3.63) is 40.2 Å². The summed E-state index contributed by atoms with van der Waals surface area (Å²) in [6, 6.07) is 5.42. The molecule has 2 atom stereocenters. The second kappa shape index (κ2) is 8.22. The molecule has 1 aromatic carbocycles. The number of hydrogen-bond acceptors (Lipinski definition) is 7. The van der Waals surface area contributed by atoms with Crippen molar-refractivity contribution in [1.82, 2.24) is 5.32 Å². The number of nitrogens with one attached hydrogen (secondary N) is 1. The molecule has 3 rings (SSSR count). The number of ether oxygens (including phenoxy) is 3. The molecule has 1 aromatic heterocycles. The van der Waals surface area contributed by atoms with Crippen molar-refractivity contribution in [1.29, 1.82) is 0 Å². The Morgan fingerprint density at radius 3 is 2.78 bits per heavy atom. The quantitative estimate of drug-likeness (QED) is 0.597. The van der Waals surface area contributed by atoms with Crippen LogP contribution in [0.25, 0.3) is 11.0 Å². The first-order valence-electron chi connectivity index (χ1n) is 8.62. The lowest BCUT2D eigenvalue weighted by atomic mass is 10.0. The predicted octanol–water partition coefficient (Wildman–Crippen LogP) is 1.18. The van der Waals surface area contributed by atoms with E-state index in [0.717, 1.165) is 6.42 Å². The van der Waals surface area contributed by atoms with E-state index in [4.69, 9.17) is 18.6 Å². The third kappa shape index (κ3) is 4.28. The van der Waals surface area contributed by atoms with Crippen molar-refractivity contribution in [3.63, 3.8) is 0 Å². The second-order valence-corrected chi connectivity index (χ2v) is 6.24. The highest BCUT2D eigenvalue weighted by Crippen LogP contribution is 2.23. The first-order valence-corrected chi connectivity index (χ1v) is 8.62. The summed E-state index contributed by atoms with van der Waals surface area (Å²) in [6.07, 6.45) is 0.920. The summed E-state index contributed by atoms with van der Waals surface area (Å²) in [4.78, 5) is 36.5. The summed E-state index contributed by atoms with van der Waals surface area (Å²) in [6.45, 7) is 0.521. The van der Waals surface area contributed by atoms with Gasteiger partial charge in [0.05, 0.1) is 14.2 Å². The minimum Gasteiger partial charge on any atom is -0.497 e. The van der Waals surface area contributed by atoms with E-state index in [0.29, 0.717) is 35.3 Å². The lowest BCUT2D eigenvalue weighted by Crippen LogP contribution is -2.47. The number of carbonyl (C=O) groups excluding carboxylic acids is 2. The number of rotatable bonds is 6. The highest BCUT2D eigenvalue weighted by Gasteiger charge is 2.29. The van der Waals surface area contributed by atoms with E-state index in [9.17, 15) is 14.4 Å². The van der Waals surface area contributed by atoms with Crippen LogP contribution in [0.5, 0.6) is 5.75 Å². The number of carbonyl (C=O) groups is 2. The zero-order valence-corrected chi connectivity index (χ0v) is 15.2. The molecule has 0 bridgehead atoms. The minimum absolute atomic E-state index is 0.0829. The Morgan fingerprint density at radius 1 is 1.30 bits per heavy atom. The summed E-state index contributed by atoms with van der Waals surface area (Å²) in [5, 5.41) is 3.32. The van der Waals surface area contributed by atoms with Crippen LogP contribution in [0.15, 0.2) is 33.5 Å². The van der Waals surface area contributed by atoms with Gasteiger partial charge in [-0.3, -0.25) is 4.79 Å². The molecule has 144 valence electrons. The zero-order chi connectivity index (χ0) is 19.4. The molecule has 1 aliphatic heterocycles. The summed E-state index contributed by atoms with van der Waals surface area (Å²) in [5.41, 5.74) is 0.345. The molecule has 8 heteroatoms. The third-order valence-corrected chi connectivity index (χ3v) is 4.49. The van der Waals surface area contributed by atoms with Crippen LogP contribution in [0, 0.1) is 0 Å². The van der Waals surface area contributed by atoms with Crippen LogP contribution < -0.4 is 15.7 Å². The van der Waals surface area contributed by atoms with Crippen molar-refractivity contribution in [3.8, 4) is 5.75 Å². The van der Waals surface area contributed by atoms with Gasteiger partial charge in [0.15, 0.2) is 0 Å². The van der Waals surface area contributed by atoms with Gasteiger partial charge in [-0.25, -0.2) is 9.59 Å². The smallest absolute Gasteiger partial charge is 0.336 e. The fraction of sp³-hybridized carbons (Fsp3) is 0.421. The Hall–Kier alpha value is -2.87. The van der Waals surface area contributed by atoms with Gasteiger partial charge in [0.1, 0.15) is 23.5 Å². The molecule has 1 aliphatic rings. The van der Waals surface area contributed by atoms with E-state index in [1.807, 2.05) is 0 Å². The number of esters is 1. The van der Waals surface area contributed by atoms with Crippen LogP contribution in [0.3, 0.4) is 0 Å². The fourth-order valence-corrected chi connectivity index (χ4v) is 3.11. The standard InChI is InChI=1S/C19H21NO7/c1-24-12-5-6-13-11(9-17(21)27-16(13)10-12)8-14(19(23)25-2)20-18(22)15-4-3-7-26-15/h5-6,9-10,14-15H,3-4,7-8H2,1-2H3,(H,20,22)/t14-,15+/m0/s1. The molecular formula is C19H21NO7. The van der Waals surface area contributed by atoms with Gasteiger partial charge in [0, 0.05) is 30.5 Å². The van der Waals surface area contributed by atoms with Crippen molar-refractivity contribution in [2.24, 2.45) is 0 Å². The number of hydrogen-bond donors (Lipinski definition) is 1. The maximum Gasteiger partial charge on any atom is 0.336 e. The predicted molar refractivity (Wildman–Crippen MR) is 95.7 cm³/mol. The first-order chi connectivity index (χ1) is 13.0. The lowest BCUT2D eigenvalue weighted by molar-refractivity contribution is -0.146. The number of benzene rings is 1. The maximum absolute atomic E-state index is 12.3. The van der Waals surface area contributed by atoms with Gasteiger partial charge < -0.3 is 23.9 Å². The van der Waals surface area contributed by atoms with Crippen molar-refractivity contribution >= 4 is 22.8 Å². The monoisotopic (exact) mass is 375 g/mol. The average molecular weight is 375 g/mol. The second-order valence-electron chi connectivity index (χ2n) is 6.24. The van der Waals surface area contributed by atoms with Crippen LogP contribution in [0.1, 0.15) is 18.4 Å². The van der Waals surface area contributed by atoms with Gasteiger partial charge in [0.2, 0.25) is 5.91 Å². The van der Waals surface area contributed by atoms with Gasteiger partial charge in [-0.05, 0) is 30.5 Å². The number of amides is 1. The number of fused-ring (bicyclic) bond motifs is 1. The molecule has 1 saturated heterocycles. The van der Waals surface area contributed by atoms with Crippen LogP contribution in [-0.2, 0) is 25.5 Å². The summed E-state index contributed by atoms with van der Waals surface area (Å²) < 4.78 is 20.5. The summed E-state index contributed by atoms with van der Waals surface area (Å²) >= 11 is 0. The van der Waals surface area contributed by atoms with Gasteiger partial charge in [-0.2, -0.15) is 0 Å². The van der Waals surface area contributed by atoms with E-state index >= 15 is 0 Å². The van der Waals surface area contributed by atoms with Gasteiger partial charge >= 0.3 is 11.6 Å². The average Bonchev–Trinajstić information content (AvgIpc) is 3.21. The van der Waals surface area contributed by atoms with Crippen LogP contribution in [-0.4, -0.2) is 44.8 Å². The molecule has 8 nitrogen and oxygen atoms in total. The van der Waals surface area contributed by atoms with Crippen molar-refractivity contribution in [2.45, 2.75) is 31.4 Å². The van der Waals surface area contributed by atoms with E-state index in [1.165, 1.54) is 20.3 Å². The highest BCUT2D eigenvalue weighted by atomic mass is 16.5. The minimum atomic E-state index is -0.946. The molecule has 0 aliphatic carbocycles. The van der Waals surface area contributed by atoms with Crippen LogP contribution in [0.4, 0.5) is 0 Å². The molecule has 2 heterocycles. The summed E-state index contributed by atoms with van der Waals surface area (Å²) in [5.74, 6) is -0.424. The van der Waals surface area contributed by atoms with E-state index in [2.05, 4.69) is 5.32 Å². The highest BCUT2D eigenvalue weighted by molar-refractivity contribution is 5.88. The van der Waals surface area contributed by atoms with Crippen molar-refractivity contribution < 1.29 is 28.2 Å². The molecule has 0 saturated carbocycles. The van der Waals surface area contributed by atoms with Crippen LogP contribution >= 0.6 is 0 Å². The first kappa shape index (κ1) is 18.9. The Kier molecular flexibility index (Phi) is 5.75. The van der Waals surface area contributed by atoms with Gasteiger partial charge in [-0.15, -0.1) is 0 Å². The third-order valence-electron chi connectivity index (χ3n) is 4.49. The zero-order valence-electron chi connectivity index (χ0n) is 15.2. The van der Waals surface area contributed by atoms with E-state index in [1.54, 1.807) is 18.2 Å². The largest absolute Gasteiger partial charge is 0.497 e. The van der Waals surface area contributed by atoms with E-state index in [-0.39, 0.29) is 12.3 Å². The molecule has 0 spiro atoms. The van der Waals surface area contributed by atoms with Gasteiger partial charge in [0.25, 0.3) is 0 Å².